The topological polar surface area (TPSA) is 42.7 Å². The van der Waals surface area contributed by atoms with Crippen LogP contribution in [0.5, 0.6) is 5.75 Å². The van der Waals surface area contributed by atoms with Crippen LogP contribution in [0, 0.1) is 12.1 Å². The van der Waals surface area contributed by atoms with Gasteiger partial charge in [0.25, 0.3) is 0 Å². The maximum Gasteiger partial charge on any atom is 0.0743 e. The third-order valence-corrected chi connectivity index (χ3v) is 2.98. The van der Waals surface area contributed by atoms with Crippen molar-refractivity contribution in [3.63, 3.8) is 0 Å². The van der Waals surface area contributed by atoms with E-state index in [4.69, 9.17) is 4.74 Å². The van der Waals surface area contributed by atoms with E-state index in [0.29, 0.717) is 11.8 Å². The number of methoxy groups -OCH3 is 1. The first-order valence-electron chi connectivity index (χ1n) is 7.07. The Morgan fingerprint density at radius 3 is 1.73 bits per heavy atom. The molecule has 0 bridgehead atoms. The zero-order valence-electron chi connectivity index (χ0n) is 14.2. The molecule has 0 saturated carbocycles. The Balaban J connectivity index is 0. The summed E-state index contributed by atoms with van der Waals surface area (Å²) in [4.78, 5) is 0. The van der Waals surface area contributed by atoms with Gasteiger partial charge in [0.15, 0.2) is 0 Å². The maximum atomic E-state index is 4.86. The van der Waals surface area contributed by atoms with E-state index in [0.717, 1.165) is 5.75 Å². The van der Waals surface area contributed by atoms with Gasteiger partial charge in [0.2, 0.25) is 0 Å². The summed E-state index contributed by atoms with van der Waals surface area (Å²) in [5.74, 6) is 1.96. The molecule has 0 aliphatic rings. The van der Waals surface area contributed by atoms with Gasteiger partial charge in [0.05, 0.1) is 7.11 Å². The van der Waals surface area contributed by atoms with Crippen molar-refractivity contribution >= 4 is 0 Å². The average Bonchev–Trinajstić information content (AvgIpc) is 2.49. The fraction of sp³-hybridized carbons (Fsp3) is 0.368. The summed E-state index contributed by atoms with van der Waals surface area (Å²) in [5.41, 5.74) is 2.64. The van der Waals surface area contributed by atoms with Crippen LogP contribution in [0.15, 0.2) is 42.5 Å². The molecule has 0 unspecified atom stereocenters. The first-order chi connectivity index (χ1) is 9.54. The van der Waals surface area contributed by atoms with Crippen molar-refractivity contribution in [3.8, 4) is 5.75 Å². The Bertz CT molecular complexity index is 475. The molecule has 0 atom stereocenters. The minimum absolute atomic E-state index is 0. The van der Waals surface area contributed by atoms with Gasteiger partial charge in [-0.1, -0.05) is 27.7 Å². The zero-order valence-corrected chi connectivity index (χ0v) is 17.8. The van der Waals surface area contributed by atoms with E-state index in [1.54, 1.807) is 7.11 Å². The quantitative estimate of drug-likeness (QED) is 0.411. The van der Waals surface area contributed by atoms with Gasteiger partial charge in [-0.15, -0.1) is 12.1 Å². The molecule has 2 aromatic carbocycles. The summed E-state index contributed by atoms with van der Waals surface area (Å²) >= 11 is 0. The normalized spacial score (nSPS) is 9.23. The van der Waals surface area contributed by atoms with Crippen LogP contribution >= 0.6 is 0 Å². The van der Waals surface area contributed by atoms with E-state index in [2.05, 4.69) is 58.0 Å². The van der Waals surface area contributed by atoms with Crippen molar-refractivity contribution in [2.24, 2.45) is 0 Å². The molecule has 0 aliphatic carbocycles. The van der Waals surface area contributed by atoms with E-state index in [1.807, 2.05) is 24.3 Å². The third kappa shape index (κ3) is 8.50. The summed E-state index contributed by atoms with van der Waals surface area (Å²) in [7, 11) is 1.63. The largest absolute Gasteiger partial charge is 0.693 e. The number of benzene rings is 2. The van der Waals surface area contributed by atoms with E-state index in [1.165, 1.54) is 11.1 Å². The number of hydrogen-bond donors (Lipinski definition) is 0. The molecule has 0 fully saturated rings. The van der Waals surface area contributed by atoms with Gasteiger partial charge in [-0.3, -0.25) is 0 Å². The Morgan fingerprint density at radius 1 is 0.864 bits per heavy atom. The van der Waals surface area contributed by atoms with Crippen molar-refractivity contribution in [1.82, 2.24) is 0 Å². The number of ether oxygens (including phenoxy) is 1. The average molecular weight is 463 g/mol. The smallest absolute Gasteiger partial charge is 0.0743 e. The van der Waals surface area contributed by atoms with Gasteiger partial charge < -0.3 is 10.9 Å². The molecule has 2 aromatic rings. The monoisotopic (exact) mass is 464 g/mol. The predicted octanol–water partition coefficient (Wildman–Crippen LogP) is 5.94. The molecule has 0 spiro atoms. The van der Waals surface area contributed by atoms with E-state index < -0.39 is 0 Å². The van der Waals surface area contributed by atoms with Gasteiger partial charge in [-0.05, 0) is 11.8 Å². The van der Waals surface area contributed by atoms with Crippen LogP contribution in [0.1, 0.15) is 50.7 Å². The SMILES string of the molecule is CC(C)c1[c-]c(C(C)C)ccc1.COc1[c-]cccc1.[Hf].[NH2-]. The molecular weight excluding hydrogens is 437 g/mol. The standard InChI is InChI=1S/C12H17.C7H7O.Hf.H2N/c1-9(2)11-6-5-7-12(8-11)10(3)4;1-8-7-5-3-2-4-6-7;;/h5-7,9-10H,1-4H3;2-5H,1H3;;1H2/q2*-1;;-1. The van der Waals surface area contributed by atoms with Gasteiger partial charge in [0.1, 0.15) is 0 Å². The molecule has 0 aliphatic heterocycles. The Kier molecular flexibility index (Phi) is 13.4. The van der Waals surface area contributed by atoms with E-state index in [9.17, 15) is 0 Å². The number of rotatable bonds is 3. The van der Waals surface area contributed by atoms with Crippen LogP contribution in [0.25, 0.3) is 6.15 Å². The van der Waals surface area contributed by atoms with Gasteiger partial charge in [-0.25, -0.2) is 0 Å². The van der Waals surface area contributed by atoms with Crippen molar-refractivity contribution < 1.29 is 30.6 Å². The summed E-state index contributed by atoms with van der Waals surface area (Å²) in [6.07, 6.45) is 0. The van der Waals surface area contributed by atoms with Crippen molar-refractivity contribution in [1.29, 1.82) is 0 Å². The van der Waals surface area contributed by atoms with Crippen LogP contribution < -0.4 is 4.74 Å². The Morgan fingerprint density at radius 2 is 1.41 bits per heavy atom. The van der Waals surface area contributed by atoms with Crippen molar-refractivity contribution in [3.05, 3.63) is 71.9 Å². The molecule has 2 N–H and O–H groups in total. The van der Waals surface area contributed by atoms with Crippen LogP contribution in [-0.2, 0) is 25.8 Å². The molecule has 22 heavy (non-hydrogen) atoms. The zero-order chi connectivity index (χ0) is 15.0. The first kappa shape index (κ1) is 23.3. The minimum atomic E-state index is 0. The first-order valence-corrected chi connectivity index (χ1v) is 7.07. The number of hydrogen-bond acceptors (Lipinski definition) is 1. The van der Waals surface area contributed by atoms with Gasteiger partial charge >= 0.3 is 0 Å². The molecule has 3 heteroatoms. The molecule has 0 aromatic heterocycles. The summed E-state index contributed by atoms with van der Waals surface area (Å²) in [5, 5.41) is 0. The fourth-order valence-corrected chi connectivity index (χ4v) is 1.68. The second-order valence-corrected chi connectivity index (χ2v) is 5.30. The summed E-state index contributed by atoms with van der Waals surface area (Å²) in [6, 6.07) is 20.3. The molecule has 120 valence electrons. The van der Waals surface area contributed by atoms with Crippen LogP contribution in [-0.4, -0.2) is 7.11 Å². The second-order valence-electron chi connectivity index (χ2n) is 5.30. The maximum absolute atomic E-state index is 4.86. The molecule has 0 amide bonds. The van der Waals surface area contributed by atoms with Crippen LogP contribution in [0.3, 0.4) is 0 Å². The Labute approximate surface area is 154 Å². The minimum Gasteiger partial charge on any atom is -0.693 e. The molecule has 2 nitrogen and oxygen atoms in total. The van der Waals surface area contributed by atoms with Crippen LogP contribution in [0.2, 0.25) is 0 Å². The molecule has 0 saturated heterocycles. The predicted molar refractivity (Wildman–Crippen MR) is 90.6 cm³/mol. The molecule has 2 rings (SSSR count). The van der Waals surface area contributed by atoms with Crippen molar-refractivity contribution in [2.45, 2.75) is 39.5 Å². The second kappa shape index (κ2) is 12.6. The summed E-state index contributed by atoms with van der Waals surface area (Å²) < 4.78 is 4.86. The third-order valence-electron chi connectivity index (χ3n) is 2.98. The number of para-hydroxylation sites is 1. The van der Waals surface area contributed by atoms with Crippen LogP contribution in [0.4, 0.5) is 0 Å². The molecular formula is C19H26HfNO-3. The Hall–Kier alpha value is -0.930. The van der Waals surface area contributed by atoms with Crippen molar-refractivity contribution in [2.75, 3.05) is 7.11 Å². The van der Waals surface area contributed by atoms with Gasteiger partial charge in [-0.2, -0.15) is 53.6 Å². The fourth-order valence-electron chi connectivity index (χ4n) is 1.68. The number of nitrogens with two attached hydrogens (primary N) is 1. The van der Waals surface area contributed by atoms with Gasteiger partial charge in [0, 0.05) is 31.6 Å². The molecule has 0 radical (unpaired) electrons. The van der Waals surface area contributed by atoms with E-state index >= 15 is 0 Å². The van der Waals surface area contributed by atoms with E-state index in [-0.39, 0.29) is 32.0 Å². The molecule has 0 heterocycles. The summed E-state index contributed by atoms with van der Waals surface area (Å²) in [6.45, 7) is 8.82.